The largest absolute Gasteiger partial charge is 0.466 e. The van der Waals surface area contributed by atoms with Crippen molar-refractivity contribution >= 4 is 29.1 Å². The van der Waals surface area contributed by atoms with Gasteiger partial charge < -0.3 is 14.6 Å². The summed E-state index contributed by atoms with van der Waals surface area (Å²) in [6.45, 7) is 2.97. The second-order valence-electron chi connectivity index (χ2n) is 5.73. The fraction of sp³-hybridized carbons (Fsp3) is 0.294. The van der Waals surface area contributed by atoms with E-state index in [9.17, 15) is 22.8 Å². The number of anilines is 1. The molecule has 2 rings (SSSR count). The van der Waals surface area contributed by atoms with E-state index in [0.717, 1.165) is 17.0 Å². The Morgan fingerprint density at radius 2 is 1.88 bits per heavy atom. The Hall–Kier alpha value is -2.48. The summed E-state index contributed by atoms with van der Waals surface area (Å²) in [7, 11) is 1.41. The number of nitrogens with one attached hydrogen (secondary N) is 1. The van der Waals surface area contributed by atoms with Crippen molar-refractivity contribution in [3.05, 3.63) is 51.9 Å². The molecule has 1 N–H and O–H groups in total. The fourth-order valence-corrected chi connectivity index (χ4v) is 2.58. The van der Waals surface area contributed by atoms with E-state index < -0.39 is 28.6 Å². The molecule has 0 fully saturated rings. The molecule has 2 amide bonds. The minimum Gasteiger partial charge on any atom is -0.466 e. The Kier molecular flexibility index (Phi) is 5.65. The number of furan rings is 1. The number of aryl methyl sites for hydroxylation is 2. The highest BCUT2D eigenvalue weighted by Crippen LogP contribution is 2.36. The summed E-state index contributed by atoms with van der Waals surface area (Å²) in [5.41, 5.74) is -0.794. The van der Waals surface area contributed by atoms with Gasteiger partial charge in [-0.25, -0.2) is 0 Å². The van der Waals surface area contributed by atoms with Crippen LogP contribution in [-0.2, 0) is 11.0 Å². The second kappa shape index (κ2) is 7.41. The number of carbonyl (C=O) groups is 2. The maximum absolute atomic E-state index is 12.9. The van der Waals surface area contributed by atoms with Gasteiger partial charge >= 0.3 is 6.18 Å². The summed E-state index contributed by atoms with van der Waals surface area (Å²) >= 11 is 5.53. The zero-order valence-corrected chi connectivity index (χ0v) is 15.0. The van der Waals surface area contributed by atoms with E-state index in [1.165, 1.54) is 13.1 Å². The molecule has 0 bridgehead atoms. The van der Waals surface area contributed by atoms with Crippen LogP contribution >= 0.6 is 11.6 Å². The Bertz CT molecular complexity index is 846. The summed E-state index contributed by atoms with van der Waals surface area (Å²) < 4.78 is 43.8. The Morgan fingerprint density at radius 1 is 1.23 bits per heavy atom. The molecule has 9 heteroatoms. The number of carbonyl (C=O) groups excluding carboxylic acids is 2. The van der Waals surface area contributed by atoms with Crippen LogP contribution in [0.2, 0.25) is 5.02 Å². The molecule has 0 aliphatic heterocycles. The van der Waals surface area contributed by atoms with Crippen molar-refractivity contribution in [3.8, 4) is 0 Å². The topological polar surface area (TPSA) is 62.6 Å². The van der Waals surface area contributed by atoms with E-state index >= 15 is 0 Å². The molecule has 1 aromatic carbocycles. The normalized spacial score (nSPS) is 11.3. The van der Waals surface area contributed by atoms with Gasteiger partial charge in [-0.3, -0.25) is 9.59 Å². The molecule has 1 heterocycles. The number of likely N-dealkylation sites (N-methyl/N-ethyl adjacent to an activating group) is 1. The molecule has 0 radical (unpaired) electrons. The van der Waals surface area contributed by atoms with Crippen LogP contribution in [0, 0.1) is 13.8 Å². The van der Waals surface area contributed by atoms with Crippen LogP contribution in [0.1, 0.15) is 27.4 Å². The Labute approximate surface area is 152 Å². The van der Waals surface area contributed by atoms with Gasteiger partial charge in [-0.05, 0) is 38.1 Å². The van der Waals surface area contributed by atoms with Crippen LogP contribution in [0.5, 0.6) is 0 Å². The van der Waals surface area contributed by atoms with Gasteiger partial charge in [-0.2, -0.15) is 13.2 Å². The predicted molar refractivity (Wildman–Crippen MR) is 90.2 cm³/mol. The van der Waals surface area contributed by atoms with Crippen molar-refractivity contribution in [3.63, 3.8) is 0 Å². The first-order valence-corrected chi connectivity index (χ1v) is 7.86. The van der Waals surface area contributed by atoms with Crippen molar-refractivity contribution in [2.45, 2.75) is 20.0 Å². The van der Waals surface area contributed by atoms with Gasteiger partial charge in [-0.1, -0.05) is 11.6 Å². The summed E-state index contributed by atoms with van der Waals surface area (Å²) in [5, 5.41) is 1.86. The lowest BCUT2D eigenvalue weighted by Crippen LogP contribution is -2.35. The lowest BCUT2D eigenvalue weighted by molar-refractivity contribution is -0.137. The number of rotatable bonds is 4. The Balaban J connectivity index is 2.07. The number of alkyl halides is 3. The van der Waals surface area contributed by atoms with Crippen LogP contribution in [0.25, 0.3) is 0 Å². The average Bonchev–Trinajstić information content (AvgIpc) is 2.85. The molecule has 0 aliphatic rings. The van der Waals surface area contributed by atoms with Crippen molar-refractivity contribution in [2.75, 3.05) is 18.9 Å². The number of hydrogen-bond acceptors (Lipinski definition) is 3. The standard InChI is InChI=1S/C17H16ClF3N2O3/c1-9-6-12(10(2)26-9)16(25)23(3)8-15(24)22-11-4-5-14(18)13(7-11)17(19,20)21/h4-7H,8H2,1-3H3,(H,22,24). The third-order valence-corrected chi connectivity index (χ3v) is 3.88. The van der Waals surface area contributed by atoms with Crippen molar-refractivity contribution in [2.24, 2.45) is 0 Å². The van der Waals surface area contributed by atoms with Gasteiger partial charge in [0, 0.05) is 12.7 Å². The summed E-state index contributed by atoms with van der Waals surface area (Å²) in [6, 6.07) is 4.60. The number of benzene rings is 1. The van der Waals surface area contributed by atoms with Gasteiger partial charge in [0.1, 0.15) is 11.5 Å². The first-order chi connectivity index (χ1) is 12.0. The molecule has 26 heavy (non-hydrogen) atoms. The number of amides is 2. The molecule has 0 atom stereocenters. The van der Waals surface area contributed by atoms with Gasteiger partial charge in [0.2, 0.25) is 5.91 Å². The van der Waals surface area contributed by atoms with Crippen molar-refractivity contribution in [1.29, 1.82) is 0 Å². The molecule has 140 valence electrons. The van der Waals surface area contributed by atoms with E-state index in [2.05, 4.69) is 5.32 Å². The van der Waals surface area contributed by atoms with E-state index in [0.29, 0.717) is 17.1 Å². The van der Waals surface area contributed by atoms with Crippen molar-refractivity contribution < 1.29 is 27.2 Å². The van der Waals surface area contributed by atoms with Gasteiger partial charge in [-0.15, -0.1) is 0 Å². The van der Waals surface area contributed by atoms with Crippen molar-refractivity contribution in [1.82, 2.24) is 4.90 Å². The molecule has 0 unspecified atom stereocenters. The minimum absolute atomic E-state index is 0.0667. The first kappa shape index (κ1) is 19.8. The lowest BCUT2D eigenvalue weighted by atomic mass is 10.2. The quantitative estimate of drug-likeness (QED) is 0.850. The lowest BCUT2D eigenvalue weighted by Gasteiger charge is -2.17. The third kappa shape index (κ3) is 4.57. The molecular weight excluding hydrogens is 373 g/mol. The number of hydrogen-bond donors (Lipinski definition) is 1. The highest BCUT2D eigenvalue weighted by molar-refractivity contribution is 6.31. The smallest absolute Gasteiger partial charge is 0.417 e. The van der Waals surface area contributed by atoms with Crippen LogP contribution in [0.15, 0.2) is 28.7 Å². The minimum atomic E-state index is -4.64. The Morgan fingerprint density at radius 3 is 2.42 bits per heavy atom. The average molecular weight is 389 g/mol. The molecule has 5 nitrogen and oxygen atoms in total. The number of halogens is 4. The second-order valence-corrected chi connectivity index (χ2v) is 6.14. The van der Waals surface area contributed by atoms with Gasteiger partial charge in [0.25, 0.3) is 5.91 Å². The maximum atomic E-state index is 12.9. The van der Waals surface area contributed by atoms with E-state index in [1.54, 1.807) is 19.9 Å². The van der Waals surface area contributed by atoms with Gasteiger partial charge in [0.15, 0.2) is 0 Å². The van der Waals surface area contributed by atoms with Crippen LogP contribution in [0.4, 0.5) is 18.9 Å². The predicted octanol–water partition coefficient (Wildman–Crippen LogP) is 4.28. The summed E-state index contributed by atoms with van der Waals surface area (Å²) in [6.07, 6.45) is -4.64. The highest BCUT2D eigenvalue weighted by atomic mass is 35.5. The van der Waals surface area contributed by atoms with Crippen LogP contribution in [0.3, 0.4) is 0 Å². The fourth-order valence-electron chi connectivity index (χ4n) is 2.36. The van der Waals surface area contributed by atoms with Crippen LogP contribution < -0.4 is 5.32 Å². The molecule has 2 aromatic rings. The molecular formula is C17H16ClF3N2O3. The summed E-state index contributed by atoms with van der Waals surface area (Å²) in [4.78, 5) is 25.5. The van der Waals surface area contributed by atoms with E-state index in [4.69, 9.17) is 16.0 Å². The first-order valence-electron chi connectivity index (χ1n) is 7.48. The van der Waals surface area contributed by atoms with Crippen LogP contribution in [-0.4, -0.2) is 30.3 Å². The third-order valence-electron chi connectivity index (χ3n) is 3.55. The molecule has 0 spiro atoms. The molecule has 0 saturated carbocycles. The van der Waals surface area contributed by atoms with Gasteiger partial charge in [0.05, 0.1) is 22.7 Å². The maximum Gasteiger partial charge on any atom is 0.417 e. The molecule has 0 aliphatic carbocycles. The van der Waals surface area contributed by atoms with E-state index in [1.807, 2.05) is 0 Å². The molecule has 1 aromatic heterocycles. The number of nitrogens with zero attached hydrogens (tertiary/aromatic N) is 1. The summed E-state index contributed by atoms with van der Waals surface area (Å²) in [5.74, 6) is -0.0902. The van der Waals surface area contributed by atoms with E-state index in [-0.39, 0.29) is 12.2 Å². The zero-order chi connectivity index (χ0) is 19.6. The highest BCUT2D eigenvalue weighted by Gasteiger charge is 2.33. The zero-order valence-electron chi connectivity index (χ0n) is 14.2. The SMILES string of the molecule is Cc1cc(C(=O)N(C)CC(=O)Nc2ccc(Cl)c(C(F)(F)F)c2)c(C)o1. The monoisotopic (exact) mass is 388 g/mol. The molecule has 0 saturated heterocycles.